The quantitative estimate of drug-likeness (QED) is 0.845. The lowest BCUT2D eigenvalue weighted by molar-refractivity contribution is 0.707. The molecule has 0 fully saturated rings. The smallest absolute Gasteiger partial charge is 0.287 e. The molecule has 2 aromatic rings. The Kier molecular flexibility index (Phi) is 3.10. The van der Waals surface area contributed by atoms with E-state index in [0.717, 1.165) is 0 Å². The van der Waals surface area contributed by atoms with Crippen molar-refractivity contribution in [1.29, 1.82) is 0 Å². The van der Waals surface area contributed by atoms with Gasteiger partial charge in [0.15, 0.2) is 5.82 Å². The van der Waals surface area contributed by atoms with Crippen molar-refractivity contribution >= 4 is 17.3 Å². The molecule has 1 N–H and O–H groups in total. The van der Waals surface area contributed by atoms with Gasteiger partial charge in [0.1, 0.15) is 11.3 Å². The van der Waals surface area contributed by atoms with Crippen LogP contribution in [-0.2, 0) is 20.6 Å². The van der Waals surface area contributed by atoms with E-state index >= 15 is 0 Å². The second-order valence-electron chi connectivity index (χ2n) is 3.49. The van der Waals surface area contributed by atoms with Gasteiger partial charge in [-0.3, -0.25) is 9.48 Å². The molecule has 0 aliphatic heterocycles. The molecule has 2 rings (SSSR count). The standard InChI is InChI=1S/C9H11ClN6O/c1-15-5-12-7(14-15)4-11-6-3-13-16(2)9(17)8(6)10/h3,5,11H,4H2,1-2H3. The summed E-state index contributed by atoms with van der Waals surface area (Å²) < 4.78 is 2.77. The number of anilines is 1. The van der Waals surface area contributed by atoms with Crippen LogP contribution in [0.1, 0.15) is 5.82 Å². The largest absolute Gasteiger partial charge is 0.375 e. The van der Waals surface area contributed by atoms with Gasteiger partial charge in [0.25, 0.3) is 5.56 Å². The van der Waals surface area contributed by atoms with Crippen LogP contribution in [0, 0.1) is 0 Å². The number of nitrogens with zero attached hydrogens (tertiary/aromatic N) is 5. The van der Waals surface area contributed by atoms with Crippen LogP contribution in [0.2, 0.25) is 5.02 Å². The van der Waals surface area contributed by atoms with Crippen molar-refractivity contribution < 1.29 is 0 Å². The maximum atomic E-state index is 11.5. The summed E-state index contributed by atoms with van der Waals surface area (Å²) >= 11 is 5.89. The molecule has 2 aromatic heterocycles. The summed E-state index contributed by atoms with van der Waals surface area (Å²) in [6.45, 7) is 0.384. The molecule has 0 bridgehead atoms. The van der Waals surface area contributed by atoms with Gasteiger partial charge in [0.2, 0.25) is 0 Å². The highest BCUT2D eigenvalue weighted by Crippen LogP contribution is 2.15. The van der Waals surface area contributed by atoms with Crippen LogP contribution in [0.5, 0.6) is 0 Å². The van der Waals surface area contributed by atoms with Crippen molar-refractivity contribution in [2.75, 3.05) is 5.32 Å². The lowest BCUT2D eigenvalue weighted by Crippen LogP contribution is -2.21. The van der Waals surface area contributed by atoms with Crippen molar-refractivity contribution in [2.45, 2.75) is 6.54 Å². The molecule has 0 amide bonds. The van der Waals surface area contributed by atoms with Gasteiger partial charge >= 0.3 is 0 Å². The summed E-state index contributed by atoms with van der Waals surface area (Å²) in [4.78, 5) is 15.5. The molecule has 0 aromatic carbocycles. The topological polar surface area (TPSA) is 77.6 Å². The van der Waals surface area contributed by atoms with Gasteiger partial charge in [-0.1, -0.05) is 11.6 Å². The first-order valence-corrected chi connectivity index (χ1v) is 5.26. The predicted molar refractivity (Wildman–Crippen MR) is 62.8 cm³/mol. The van der Waals surface area contributed by atoms with Gasteiger partial charge in [0.05, 0.1) is 18.4 Å². The summed E-state index contributed by atoms with van der Waals surface area (Å²) in [5, 5.41) is 11.0. The van der Waals surface area contributed by atoms with Crippen LogP contribution in [0.3, 0.4) is 0 Å². The van der Waals surface area contributed by atoms with E-state index in [1.54, 1.807) is 18.1 Å². The maximum Gasteiger partial charge on any atom is 0.287 e. The van der Waals surface area contributed by atoms with E-state index in [1.165, 1.54) is 17.9 Å². The lowest BCUT2D eigenvalue weighted by Gasteiger charge is -2.06. The zero-order valence-corrected chi connectivity index (χ0v) is 10.1. The highest BCUT2D eigenvalue weighted by Gasteiger charge is 2.07. The molecule has 90 valence electrons. The van der Waals surface area contributed by atoms with E-state index in [1.807, 2.05) is 0 Å². The van der Waals surface area contributed by atoms with Crippen LogP contribution in [-0.4, -0.2) is 24.5 Å². The van der Waals surface area contributed by atoms with Crippen molar-refractivity contribution in [3.63, 3.8) is 0 Å². The van der Waals surface area contributed by atoms with Crippen LogP contribution >= 0.6 is 11.6 Å². The number of aromatic nitrogens is 5. The molecule has 0 aliphatic carbocycles. The van der Waals surface area contributed by atoms with Crippen LogP contribution in [0.15, 0.2) is 17.3 Å². The van der Waals surface area contributed by atoms with Crippen molar-refractivity contribution in [1.82, 2.24) is 24.5 Å². The summed E-state index contributed by atoms with van der Waals surface area (Å²) in [6, 6.07) is 0. The van der Waals surface area contributed by atoms with E-state index in [0.29, 0.717) is 18.1 Å². The maximum absolute atomic E-state index is 11.5. The zero-order chi connectivity index (χ0) is 12.4. The molecule has 7 nitrogen and oxygen atoms in total. The molecule has 0 atom stereocenters. The van der Waals surface area contributed by atoms with E-state index in [4.69, 9.17) is 11.6 Å². The number of halogens is 1. The number of rotatable bonds is 3. The average Bonchev–Trinajstić information content (AvgIpc) is 2.71. The molecule has 0 saturated heterocycles. The van der Waals surface area contributed by atoms with Gasteiger partial charge in [-0.2, -0.15) is 10.2 Å². The van der Waals surface area contributed by atoms with Gasteiger partial charge in [-0.25, -0.2) is 9.67 Å². The molecular weight excluding hydrogens is 244 g/mol. The Balaban J connectivity index is 2.15. The zero-order valence-electron chi connectivity index (χ0n) is 9.38. The molecule has 0 aliphatic rings. The van der Waals surface area contributed by atoms with E-state index in [9.17, 15) is 4.79 Å². The van der Waals surface area contributed by atoms with E-state index in [2.05, 4.69) is 20.5 Å². The molecule has 0 saturated carbocycles. The Labute approximate surface area is 102 Å². The first-order valence-electron chi connectivity index (χ1n) is 4.88. The van der Waals surface area contributed by atoms with Gasteiger partial charge < -0.3 is 5.32 Å². The van der Waals surface area contributed by atoms with Crippen LogP contribution < -0.4 is 10.9 Å². The van der Waals surface area contributed by atoms with E-state index < -0.39 is 0 Å². The number of hydrogen-bond donors (Lipinski definition) is 1. The van der Waals surface area contributed by atoms with Crippen molar-refractivity contribution in [3.8, 4) is 0 Å². The second-order valence-corrected chi connectivity index (χ2v) is 3.87. The molecule has 0 unspecified atom stereocenters. The normalized spacial score (nSPS) is 10.5. The van der Waals surface area contributed by atoms with Gasteiger partial charge in [0, 0.05) is 14.1 Å². The van der Waals surface area contributed by atoms with Gasteiger partial charge in [-0.15, -0.1) is 0 Å². The molecule has 0 radical (unpaired) electrons. The first-order chi connectivity index (χ1) is 8.08. The molecular formula is C9H11ClN6O. The minimum Gasteiger partial charge on any atom is -0.375 e. The second kappa shape index (κ2) is 4.54. The Morgan fingerprint density at radius 1 is 1.47 bits per heavy atom. The monoisotopic (exact) mass is 254 g/mol. The minimum absolute atomic E-state index is 0.110. The highest BCUT2D eigenvalue weighted by atomic mass is 35.5. The Morgan fingerprint density at radius 2 is 2.24 bits per heavy atom. The summed E-state index contributed by atoms with van der Waals surface area (Å²) in [6.07, 6.45) is 3.09. The Hall–Kier alpha value is -1.89. The first kappa shape index (κ1) is 11.6. The number of hydrogen-bond acceptors (Lipinski definition) is 5. The van der Waals surface area contributed by atoms with Crippen LogP contribution in [0.4, 0.5) is 5.69 Å². The summed E-state index contributed by atoms with van der Waals surface area (Å²) in [5.41, 5.74) is 0.132. The summed E-state index contributed by atoms with van der Waals surface area (Å²) in [5.74, 6) is 0.615. The fourth-order valence-corrected chi connectivity index (χ4v) is 1.51. The fraction of sp³-hybridized carbons (Fsp3) is 0.333. The number of nitrogens with one attached hydrogen (secondary N) is 1. The minimum atomic E-state index is -0.342. The Morgan fingerprint density at radius 3 is 2.88 bits per heavy atom. The van der Waals surface area contributed by atoms with Crippen LogP contribution in [0.25, 0.3) is 0 Å². The third kappa shape index (κ3) is 2.44. The predicted octanol–water partition coefficient (Wildman–Crippen LogP) is 0.174. The average molecular weight is 255 g/mol. The molecule has 8 heteroatoms. The fourth-order valence-electron chi connectivity index (χ4n) is 1.27. The lowest BCUT2D eigenvalue weighted by atomic mass is 10.4. The molecule has 2 heterocycles. The molecule has 0 spiro atoms. The summed E-state index contributed by atoms with van der Waals surface area (Å²) in [7, 11) is 3.32. The highest BCUT2D eigenvalue weighted by molar-refractivity contribution is 6.32. The SMILES string of the molecule is Cn1cnc(CNc2cnn(C)c(=O)c2Cl)n1. The third-order valence-electron chi connectivity index (χ3n) is 2.16. The van der Waals surface area contributed by atoms with Gasteiger partial charge in [-0.05, 0) is 0 Å². The van der Waals surface area contributed by atoms with E-state index in [-0.39, 0.29) is 10.6 Å². The number of aryl methyl sites for hydroxylation is 2. The molecule has 17 heavy (non-hydrogen) atoms. The Bertz CT molecular complexity index is 589. The van der Waals surface area contributed by atoms with Crippen molar-refractivity contribution in [2.24, 2.45) is 14.1 Å². The third-order valence-corrected chi connectivity index (χ3v) is 2.53. The van der Waals surface area contributed by atoms with Crippen molar-refractivity contribution in [3.05, 3.63) is 33.7 Å².